The summed E-state index contributed by atoms with van der Waals surface area (Å²) in [4.78, 5) is 15.3. The van der Waals surface area contributed by atoms with Crippen LogP contribution in [0.4, 0.5) is 0 Å². The normalized spacial score (nSPS) is 16.3. The molecule has 2 rings (SSSR count). The summed E-state index contributed by atoms with van der Waals surface area (Å²) in [5.41, 5.74) is 1.16. The Labute approximate surface area is 137 Å². The van der Waals surface area contributed by atoms with Crippen molar-refractivity contribution in [2.45, 2.75) is 19.4 Å². The summed E-state index contributed by atoms with van der Waals surface area (Å²) in [6.45, 7) is 5.67. The molecule has 0 spiro atoms. The number of piperazine rings is 1. The van der Waals surface area contributed by atoms with Gasteiger partial charge in [0.2, 0.25) is 0 Å². The van der Waals surface area contributed by atoms with Crippen LogP contribution in [-0.2, 0) is 11.3 Å². The Morgan fingerprint density at radius 1 is 1.13 bits per heavy atom. The van der Waals surface area contributed by atoms with E-state index in [-0.39, 0.29) is 6.42 Å². The van der Waals surface area contributed by atoms with Crippen molar-refractivity contribution < 1.29 is 19.4 Å². The van der Waals surface area contributed by atoms with E-state index in [0.29, 0.717) is 0 Å². The van der Waals surface area contributed by atoms with E-state index in [1.54, 1.807) is 14.2 Å². The lowest BCUT2D eigenvalue weighted by molar-refractivity contribution is -0.137. The third-order valence-electron chi connectivity index (χ3n) is 4.22. The van der Waals surface area contributed by atoms with Crippen LogP contribution in [0.5, 0.6) is 11.5 Å². The fourth-order valence-corrected chi connectivity index (χ4v) is 2.85. The van der Waals surface area contributed by atoms with Gasteiger partial charge in [-0.05, 0) is 19.0 Å². The van der Waals surface area contributed by atoms with E-state index in [2.05, 4.69) is 15.9 Å². The van der Waals surface area contributed by atoms with Crippen molar-refractivity contribution in [2.75, 3.05) is 46.9 Å². The van der Waals surface area contributed by atoms with Gasteiger partial charge in [0.05, 0.1) is 14.2 Å². The minimum atomic E-state index is -0.713. The second kappa shape index (κ2) is 8.74. The summed E-state index contributed by atoms with van der Waals surface area (Å²) in [7, 11) is 3.33. The van der Waals surface area contributed by atoms with Crippen LogP contribution in [0, 0.1) is 0 Å². The summed E-state index contributed by atoms with van der Waals surface area (Å²) in [5, 5.41) is 8.69. The molecule has 1 aliphatic rings. The van der Waals surface area contributed by atoms with Crippen LogP contribution >= 0.6 is 0 Å². The minimum Gasteiger partial charge on any atom is -0.497 e. The molecule has 0 bridgehead atoms. The van der Waals surface area contributed by atoms with E-state index in [1.807, 2.05) is 12.1 Å². The molecule has 1 aromatic rings. The lowest BCUT2D eigenvalue weighted by Gasteiger charge is -2.34. The molecular formula is C17H26N2O4. The molecule has 0 radical (unpaired) electrons. The van der Waals surface area contributed by atoms with E-state index >= 15 is 0 Å². The maximum absolute atomic E-state index is 10.6. The highest BCUT2D eigenvalue weighted by Crippen LogP contribution is 2.26. The topological polar surface area (TPSA) is 62.2 Å². The van der Waals surface area contributed by atoms with Crippen LogP contribution in [0.3, 0.4) is 0 Å². The maximum Gasteiger partial charge on any atom is 0.303 e. The molecule has 1 aromatic carbocycles. The van der Waals surface area contributed by atoms with Crippen molar-refractivity contribution in [3.63, 3.8) is 0 Å². The maximum atomic E-state index is 10.6. The first-order chi connectivity index (χ1) is 11.1. The van der Waals surface area contributed by atoms with Crippen molar-refractivity contribution in [1.29, 1.82) is 0 Å². The van der Waals surface area contributed by atoms with Gasteiger partial charge in [0, 0.05) is 50.8 Å². The highest BCUT2D eigenvalue weighted by atomic mass is 16.5. The van der Waals surface area contributed by atoms with Gasteiger partial charge in [-0.25, -0.2) is 0 Å². The highest BCUT2D eigenvalue weighted by molar-refractivity contribution is 5.66. The first-order valence-corrected chi connectivity index (χ1v) is 7.99. The Morgan fingerprint density at radius 2 is 1.83 bits per heavy atom. The summed E-state index contributed by atoms with van der Waals surface area (Å²) in [5.74, 6) is 0.942. The summed E-state index contributed by atoms with van der Waals surface area (Å²) in [6.07, 6.45) is 0.977. The second-order valence-electron chi connectivity index (χ2n) is 5.79. The van der Waals surface area contributed by atoms with E-state index < -0.39 is 5.97 Å². The molecule has 0 aliphatic carbocycles. The fourth-order valence-electron chi connectivity index (χ4n) is 2.85. The van der Waals surface area contributed by atoms with E-state index in [1.165, 1.54) is 0 Å². The largest absolute Gasteiger partial charge is 0.497 e. The summed E-state index contributed by atoms with van der Waals surface area (Å²) in [6, 6.07) is 5.92. The molecule has 1 saturated heterocycles. The number of aliphatic carboxylic acids is 1. The standard InChI is InChI=1S/C17H26N2O4/c1-22-15-6-5-14(16(12-15)23-2)13-19-10-8-18(9-11-19)7-3-4-17(20)21/h5-6,12H,3-4,7-11,13H2,1-2H3,(H,20,21). The molecule has 0 aromatic heterocycles. The van der Waals surface area contributed by atoms with Crippen molar-refractivity contribution >= 4 is 5.97 Å². The van der Waals surface area contributed by atoms with Gasteiger partial charge in [0.25, 0.3) is 0 Å². The molecule has 0 saturated carbocycles. The molecule has 1 N–H and O–H groups in total. The predicted molar refractivity (Wildman–Crippen MR) is 88.1 cm³/mol. The van der Waals surface area contributed by atoms with Gasteiger partial charge in [-0.3, -0.25) is 9.69 Å². The Kier molecular flexibility index (Phi) is 6.67. The number of carbonyl (C=O) groups is 1. The number of benzene rings is 1. The van der Waals surface area contributed by atoms with Crippen LogP contribution in [0.25, 0.3) is 0 Å². The molecule has 6 heteroatoms. The Hall–Kier alpha value is -1.79. The zero-order valence-corrected chi connectivity index (χ0v) is 14.0. The van der Waals surface area contributed by atoms with Crippen LogP contribution in [-0.4, -0.2) is 67.8 Å². The molecule has 0 amide bonds. The highest BCUT2D eigenvalue weighted by Gasteiger charge is 2.18. The first kappa shape index (κ1) is 17.6. The number of rotatable bonds is 8. The first-order valence-electron chi connectivity index (χ1n) is 7.99. The number of ether oxygens (including phenoxy) is 2. The van der Waals surface area contributed by atoms with Gasteiger partial charge in [-0.2, -0.15) is 0 Å². The number of hydrogen-bond acceptors (Lipinski definition) is 5. The third-order valence-corrected chi connectivity index (χ3v) is 4.22. The molecule has 128 valence electrons. The number of carboxylic acid groups (broad SMARTS) is 1. The minimum absolute atomic E-state index is 0.253. The zero-order chi connectivity index (χ0) is 16.7. The quantitative estimate of drug-likeness (QED) is 0.786. The molecule has 6 nitrogen and oxygen atoms in total. The number of nitrogens with zero attached hydrogens (tertiary/aromatic N) is 2. The smallest absolute Gasteiger partial charge is 0.303 e. The van der Waals surface area contributed by atoms with Crippen molar-refractivity contribution in [2.24, 2.45) is 0 Å². The Morgan fingerprint density at radius 3 is 2.43 bits per heavy atom. The predicted octanol–water partition coefficient (Wildman–Crippen LogP) is 1.69. The van der Waals surface area contributed by atoms with Gasteiger partial charge in [-0.1, -0.05) is 6.07 Å². The monoisotopic (exact) mass is 322 g/mol. The lowest BCUT2D eigenvalue weighted by Crippen LogP contribution is -2.46. The Bertz CT molecular complexity index is 513. The van der Waals surface area contributed by atoms with Gasteiger partial charge in [0.15, 0.2) is 0 Å². The van der Waals surface area contributed by atoms with Crippen LogP contribution < -0.4 is 9.47 Å². The number of hydrogen-bond donors (Lipinski definition) is 1. The van der Waals surface area contributed by atoms with E-state index in [9.17, 15) is 4.79 Å². The Balaban J connectivity index is 1.81. The number of carboxylic acids is 1. The fraction of sp³-hybridized carbons (Fsp3) is 0.588. The average Bonchev–Trinajstić information content (AvgIpc) is 2.56. The van der Waals surface area contributed by atoms with Gasteiger partial charge in [0.1, 0.15) is 11.5 Å². The molecule has 23 heavy (non-hydrogen) atoms. The van der Waals surface area contributed by atoms with E-state index in [4.69, 9.17) is 14.6 Å². The summed E-state index contributed by atoms with van der Waals surface area (Å²) < 4.78 is 10.7. The average molecular weight is 322 g/mol. The van der Waals surface area contributed by atoms with Crippen molar-refractivity contribution in [1.82, 2.24) is 9.80 Å². The second-order valence-corrected chi connectivity index (χ2v) is 5.79. The van der Waals surface area contributed by atoms with Gasteiger partial charge in [-0.15, -0.1) is 0 Å². The summed E-state index contributed by atoms with van der Waals surface area (Å²) >= 11 is 0. The van der Waals surface area contributed by atoms with Crippen LogP contribution in [0.1, 0.15) is 18.4 Å². The van der Waals surface area contributed by atoms with Crippen LogP contribution in [0.15, 0.2) is 18.2 Å². The van der Waals surface area contributed by atoms with Gasteiger partial charge < -0.3 is 19.5 Å². The third kappa shape index (κ3) is 5.41. The van der Waals surface area contributed by atoms with Crippen molar-refractivity contribution in [3.05, 3.63) is 23.8 Å². The zero-order valence-electron chi connectivity index (χ0n) is 14.0. The molecule has 1 fully saturated rings. The molecule has 0 atom stereocenters. The lowest BCUT2D eigenvalue weighted by atomic mass is 10.1. The SMILES string of the molecule is COc1ccc(CN2CCN(CCCC(=O)O)CC2)c(OC)c1. The number of methoxy groups -OCH3 is 2. The van der Waals surface area contributed by atoms with Crippen LogP contribution in [0.2, 0.25) is 0 Å². The van der Waals surface area contributed by atoms with E-state index in [0.717, 1.165) is 62.8 Å². The molecule has 0 unspecified atom stereocenters. The molecular weight excluding hydrogens is 296 g/mol. The molecule has 1 aliphatic heterocycles. The molecule has 1 heterocycles. The van der Waals surface area contributed by atoms with Crippen molar-refractivity contribution in [3.8, 4) is 11.5 Å². The van der Waals surface area contributed by atoms with Gasteiger partial charge >= 0.3 is 5.97 Å².